The number of hydrogen-bond acceptors (Lipinski definition) is 3. The Bertz CT molecular complexity index is 1310. The van der Waals surface area contributed by atoms with Crippen molar-refractivity contribution in [2.75, 3.05) is 18.1 Å². The van der Waals surface area contributed by atoms with Gasteiger partial charge in [0.2, 0.25) is 5.91 Å². The third kappa shape index (κ3) is 4.68. The van der Waals surface area contributed by atoms with Crippen LogP contribution in [0.1, 0.15) is 62.4 Å². The zero-order valence-corrected chi connectivity index (χ0v) is 20.8. The largest absolute Gasteiger partial charge is 0.494 e. The van der Waals surface area contributed by atoms with Crippen molar-refractivity contribution < 1.29 is 9.53 Å². The van der Waals surface area contributed by atoms with E-state index in [-0.39, 0.29) is 11.8 Å². The molecule has 3 aromatic carbocycles. The first kappa shape index (κ1) is 23.2. The molecule has 1 fully saturated rings. The van der Waals surface area contributed by atoms with Gasteiger partial charge in [-0.1, -0.05) is 50.2 Å². The van der Waals surface area contributed by atoms with Crippen LogP contribution in [0.2, 0.25) is 0 Å². The third-order valence-corrected chi connectivity index (χ3v) is 7.14. The maximum atomic E-state index is 13.0. The summed E-state index contributed by atoms with van der Waals surface area (Å²) in [4.78, 5) is 19.9. The molecular weight excluding hydrogens is 434 g/mol. The van der Waals surface area contributed by atoms with E-state index < -0.39 is 0 Å². The van der Waals surface area contributed by atoms with Crippen molar-refractivity contribution in [3.05, 3.63) is 89.7 Å². The number of anilines is 1. The summed E-state index contributed by atoms with van der Waals surface area (Å²) < 4.78 is 7.86. The Morgan fingerprint density at radius 1 is 1.00 bits per heavy atom. The highest BCUT2D eigenvalue weighted by Crippen LogP contribution is 2.34. The lowest BCUT2D eigenvalue weighted by Gasteiger charge is -2.18. The molecule has 0 bridgehead atoms. The number of benzene rings is 3. The Morgan fingerprint density at radius 2 is 1.74 bits per heavy atom. The van der Waals surface area contributed by atoms with Crippen LogP contribution in [0.15, 0.2) is 72.8 Å². The predicted octanol–water partition coefficient (Wildman–Crippen LogP) is 6.52. The monoisotopic (exact) mass is 467 g/mol. The van der Waals surface area contributed by atoms with Crippen LogP contribution in [0.4, 0.5) is 5.69 Å². The van der Waals surface area contributed by atoms with Gasteiger partial charge in [0.25, 0.3) is 0 Å². The minimum Gasteiger partial charge on any atom is -0.494 e. The van der Waals surface area contributed by atoms with Gasteiger partial charge >= 0.3 is 0 Å². The second-order valence-corrected chi connectivity index (χ2v) is 9.43. The molecule has 0 spiro atoms. The molecule has 1 aliphatic heterocycles. The van der Waals surface area contributed by atoms with Gasteiger partial charge in [-0.2, -0.15) is 0 Å². The van der Waals surface area contributed by atoms with Gasteiger partial charge in [0, 0.05) is 31.1 Å². The molecule has 1 saturated heterocycles. The standard InChI is InChI=1S/C30H33N3O2/c1-4-21(3)23-12-10-22(11-13-23)19-33-28-9-7-6-8-27(28)31-30(33)24-18-29(34)32(20-24)25-14-16-26(17-15-25)35-5-2/h6-17,21,24H,4-5,18-20H2,1-3H3. The molecule has 5 heteroatoms. The molecule has 180 valence electrons. The molecule has 0 saturated carbocycles. The average Bonchev–Trinajstić information content (AvgIpc) is 3.45. The Morgan fingerprint density at radius 3 is 2.46 bits per heavy atom. The van der Waals surface area contributed by atoms with Crippen LogP contribution in [0.25, 0.3) is 11.0 Å². The average molecular weight is 468 g/mol. The highest BCUT2D eigenvalue weighted by molar-refractivity contribution is 5.96. The van der Waals surface area contributed by atoms with E-state index >= 15 is 0 Å². The Kier molecular flexibility index (Phi) is 6.58. The smallest absolute Gasteiger partial charge is 0.227 e. The fourth-order valence-electron chi connectivity index (χ4n) is 4.96. The Balaban J connectivity index is 1.43. The summed E-state index contributed by atoms with van der Waals surface area (Å²) in [5.74, 6) is 2.54. The summed E-state index contributed by atoms with van der Waals surface area (Å²) in [6.45, 7) is 8.45. The van der Waals surface area contributed by atoms with Gasteiger partial charge in [0.05, 0.1) is 17.6 Å². The van der Waals surface area contributed by atoms with Crippen LogP contribution in [0.3, 0.4) is 0 Å². The number of imidazole rings is 1. The van der Waals surface area contributed by atoms with Crippen LogP contribution in [-0.4, -0.2) is 28.6 Å². The summed E-state index contributed by atoms with van der Waals surface area (Å²) in [7, 11) is 0. The number of ether oxygens (including phenoxy) is 1. The molecule has 1 aromatic heterocycles. The van der Waals surface area contributed by atoms with E-state index in [1.165, 1.54) is 11.1 Å². The van der Waals surface area contributed by atoms with Crippen molar-refractivity contribution in [2.45, 2.75) is 52.0 Å². The topological polar surface area (TPSA) is 47.4 Å². The van der Waals surface area contributed by atoms with E-state index in [1.54, 1.807) is 0 Å². The lowest BCUT2D eigenvalue weighted by molar-refractivity contribution is -0.117. The van der Waals surface area contributed by atoms with Crippen molar-refractivity contribution in [1.82, 2.24) is 9.55 Å². The van der Waals surface area contributed by atoms with Gasteiger partial charge in [-0.25, -0.2) is 4.98 Å². The van der Waals surface area contributed by atoms with E-state index in [2.05, 4.69) is 60.9 Å². The zero-order valence-electron chi connectivity index (χ0n) is 20.8. The molecule has 0 radical (unpaired) electrons. The van der Waals surface area contributed by atoms with Gasteiger partial charge < -0.3 is 14.2 Å². The van der Waals surface area contributed by atoms with Crippen LogP contribution < -0.4 is 9.64 Å². The SMILES string of the molecule is CCOc1ccc(N2CC(c3nc4ccccc4n3Cc3ccc(C(C)CC)cc3)CC2=O)cc1. The number of carbonyl (C=O) groups is 1. The predicted molar refractivity (Wildman–Crippen MR) is 141 cm³/mol. The number of carbonyl (C=O) groups excluding carboxylic acids is 1. The molecule has 5 nitrogen and oxygen atoms in total. The number of fused-ring (bicyclic) bond motifs is 1. The molecule has 2 heterocycles. The Hall–Kier alpha value is -3.60. The molecule has 5 rings (SSSR count). The normalized spacial score (nSPS) is 16.7. The van der Waals surface area contributed by atoms with Crippen molar-refractivity contribution in [2.24, 2.45) is 0 Å². The summed E-state index contributed by atoms with van der Waals surface area (Å²) in [6, 6.07) is 25.0. The fourth-order valence-corrected chi connectivity index (χ4v) is 4.96. The summed E-state index contributed by atoms with van der Waals surface area (Å²) in [6.07, 6.45) is 1.60. The zero-order chi connectivity index (χ0) is 24.4. The lowest BCUT2D eigenvalue weighted by atomic mass is 9.97. The first-order valence-electron chi connectivity index (χ1n) is 12.6. The van der Waals surface area contributed by atoms with Crippen LogP contribution >= 0.6 is 0 Å². The van der Waals surface area contributed by atoms with E-state index in [4.69, 9.17) is 9.72 Å². The second kappa shape index (κ2) is 9.95. The third-order valence-electron chi connectivity index (χ3n) is 7.14. The van der Waals surface area contributed by atoms with Crippen LogP contribution in [0, 0.1) is 0 Å². The number of amides is 1. The molecule has 1 amide bonds. The highest BCUT2D eigenvalue weighted by atomic mass is 16.5. The molecular formula is C30H33N3O2. The van der Waals surface area contributed by atoms with Gasteiger partial charge in [0.1, 0.15) is 11.6 Å². The van der Waals surface area contributed by atoms with Crippen molar-refractivity contribution in [1.29, 1.82) is 0 Å². The summed E-state index contributed by atoms with van der Waals surface area (Å²) in [5.41, 5.74) is 5.61. The minimum absolute atomic E-state index is 0.0425. The summed E-state index contributed by atoms with van der Waals surface area (Å²) >= 11 is 0. The molecule has 35 heavy (non-hydrogen) atoms. The highest BCUT2D eigenvalue weighted by Gasteiger charge is 2.34. The van der Waals surface area contributed by atoms with Crippen molar-refractivity contribution >= 4 is 22.6 Å². The van der Waals surface area contributed by atoms with E-state index in [1.807, 2.05) is 42.2 Å². The van der Waals surface area contributed by atoms with Crippen LogP contribution in [-0.2, 0) is 11.3 Å². The quantitative estimate of drug-likeness (QED) is 0.296. The van der Waals surface area contributed by atoms with E-state index in [0.29, 0.717) is 25.5 Å². The first-order chi connectivity index (χ1) is 17.1. The first-order valence-corrected chi connectivity index (χ1v) is 12.6. The molecule has 0 aliphatic carbocycles. The summed E-state index contributed by atoms with van der Waals surface area (Å²) in [5, 5.41) is 0. The maximum absolute atomic E-state index is 13.0. The van der Waals surface area contributed by atoms with Crippen molar-refractivity contribution in [3.63, 3.8) is 0 Å². The van der Waals surface area contributed by atoms with Gasteiger partial charge in [-0.3, -0.25) is 4.79 Å². The minimum atomic E-state index is 0.0425. The van der Waals surface area contributed by atoms with Gasteiger partial charge in [-0.15, -0.1) is 0 Å². The second-order valence-electron chi connectivity index (χ2n) is 9.43. The molecule has 0 N–H and O–H groups in total. The Labute approximate surface area is 207 Å². The van der Waals surface area contributed by atoms with Gasteiger partial charge in [0.15, 0.2) is 0 Å². The number of aromatic nitrogens is 2. The number of para-hydroxylation sites is 2. The lowest BCUT2D eigenvalue weighted by Crippen LogP contribution is -2.24. The molecule has 1 aliphatic rings. The molecule has 2 atom stereocenters. The van der Waals surface area contributed by atoms with E-state index in [0.717, 1.165) is 41.3 Å². The number of rotatable bonds is 8. The van der Waals surface area contributed by atoms with Crippen molar-refractivity contribution in [3.8, 4) is 5.75 Å². The van der Waals surface area contributed by atoms with Crippen LogP contribution in [0.5, 0.6) is 5.75 Å². The maximum Gasteiger partial charge on any atom is 0.227 e. The molecule has 4 aromatic rings. The fraction of sp³-hybridized carbons (Fsp3) is 0.333. The number of hydrogen-bond donors (Lipinski definition) is 0. The molecule has 2 unspecified atom stereocenters. The number of nitrogens with zero attached hydrogens (tertiary/aromatic N) is 3. The van der Waals surface area contributed by atoms with Gasteiger partial charge in [-0.05, 0) is 66.8 Å². The van der Waals surface area contributed by atoms with E-state index in [9.17, 15) is 4.79 Å².